The van der Waals surface area contributed by atoms with Crippen LogP contribution in [-0.4, -0.2) is 23.4 Å². The molecule has 0 radical (unpaired) electrons. The van der Waals surface area contributed by atoms with Crippen LogP contribution in [0.3, 0.4) is 0 Å². The predicted molar refractivity (Wildman–Crippen MR) is 78.7 cm³/mol. The lowest BCUT2D eigenvalue weighted by molar-refractivity contribution is -0.0606. The van der Waals surface area contributed by atoms with Crippen molar-refractivity contribution < 1.29 is 25.9 Å². The first-order chi connectivity index (χ1) is 11.6. The van der Waals surface area contributed by atoms with E-state index in [1.165, 1.54) is 27.7 Å². The maximum Gasteiger partial charge on any atom is 0.405 e. The van der Waals surface area contributed by atoms with E-state index in [0.29, 0.717) is 0 Å². The summed E-state index contributed by atoms with van der Waals surface area (Å²) in [5.74, 6) is -1.18. The van der Waals surface area contributed by atoms with Crippen LogP contribution in [0, 0.1) is 0 Å². The van der Waals surface area contributed by atoms with Crippen LogP contribution in [0.2, 0.25) is 0 Å². The van der Waals surface area contributed by atoms with E-state index in [0.717, 1.165) is 0 Å². The van der Waals surface area contributed by atoms with Gasteiger partial charge in [0.25, 0.3) is 0 Å². The van der Waals surface area contributed by atoms with Gasteiger partial charge in [-0.3, -0.25) is 0 Å². The average molecular weight is 299 g/mol. The van der Waals surface area contributed by atoms with Crippen molar-refractivity contribution in [3.8, 4) is 0 Å². The normalized spacial score (nSPS) is 15.4. The van der Waals surface area contributed by atoms with Gasteiger partial charge in [-0.05, 0) is 33.3 Å². The minimum atomic E-state index is -1.50. The summed E-state index contributed by atoms with van der Waals surface area (Å²) in [4.78, 5) is 22.7. The van der Waals surface area contributed by atoms with Gasteiger partial charge in [0.05, 0.1) is 12.8 Å². The molecule has 6 heteroatoms. The smallest absolute Gasteiger partial charge is 0.405 e. The van der Waals surface area contributed by atoms with Crippen molar-refractivity contribution in [3.05, 3.63) is 35.8 Å². The van der Waals surface area contributed by atoms with Gasteiger partial charge in [-0.1, -0.05) is 30.2 Å². The number of ether oxygens (including phenoxy) is 2. The highest BCUT2D eigenvalue weighted by atomic mass is 16.6. The molecule has 0 bridgehead atoms. The molecule has 0 spiro atoms. The number of hydrogen-bond acceptors (Lipinski definition) is 4. The van der Waals surface area contributed by atoms with Crippen molar-refractivity contribution in [2.45, 2.75) is 44.8 Å². The Bertz CT molecular complexity index is 695. The van der Waals surface area contributed by atoms with E-state index in [9.17, 15) is 9.59 Å². The molecule has 0 unspecified atom stereocenters. The molecule has 0 aromatic heterocycles. The summed E-state index contributed by atoms with van der Waals surface area (Å²) in [5, 5.41) is 0. The topological polar surface area (TPSA) is 105 Å². The molecular formula is C15H22N2O4. The van der Waals surface area contributed by atoms with Crippen LogP contribution in [0.5, 0.6) is 0 Å². The number of benzene rings is 1. The van der Waals surface area contributed by atoms with Crippen molar-refractivity contribution in [1.82, 2.24) is 0 Å². The van der Waals surface area contributed by atoms with Gasteiger partial charge in [0.1, 0.15) is 11.2 Å². The molecule has 21 heavy (non-hydrogen) atoms. The van der Waals surface area contributed by atoms with Crippen LogP contribution in [0.1, 0.15) is 46.0 Å². The van der Waals surface area contributed by atoms with E-state index in [2.05, 4.69) is 0 Å². The first-order valence-electron chi connectivity index (χ1n) is 8.67. The zero-order chi connectivity index (χ0) is 20.6. The molecule has 0 aliphatic heterocycles. The maximum atomic E-state index is 11.3. The number of amides is 2. The summed E-state index contributed by atoms with van der Waals surface area (Å²) in [5.41, 5.74) is 7.03. The predicted octanol–water partition coefficient (Wildman–Crippen LogP) is 2.52. The van der Waals surface area contributed by atoms with E-state index in [1.54, 1.807) is 0 Å². The molecule has 6 nitrogen and oxygen atoms in total. The minimum Gasteiger partial charge on any atom is -0.443 e. The van der Waals surface area contributed by atoms with Gasteiger partial charge in [0, 0.05) is 0 Å². The second-order valence-corrected chi connectivity index (χ2v) is 5.52. The average Bonchev–Trinajstić information content (AvgIpc) is 2.44. The molecule has 0 fully saturated rings. The number of primary amides is 2. The lowest BCUT2D eigenvalue weighted by Crippen LogP contribution is -2.49. The van der Waals surface area contributed by atoms with Gasteiger partial charge in [0.2, 0.25) is 0 Å². The van der Waals surface area contributed by atoms with Crippen LogP contribution >= 0.6 is 0 Å². The lowest BCUT2D eigenvalue weighted by atomic mass is 9.74. The molecule has 1 rings (SSSR count). The summed E-state index contributed by atoms with van der Waals surface area (Å²) in [6.07, 6.45) is -2.27. The van der Waals surface area contributed by atoms with Gasteiger partial charge < -0.3 is 20.9 Å². The first-order valence-corrected chi connectivity index (χ1v) is 6.17. The summed E-state index contributed by atoms with van der Waals surface area (Å²) < 4.78 is 50.0. The largest absolute Gasteiger partial charge is 0.443 e. The number of nitrogens with two attached hydrogens (primary N) is 2. The van der Waals surface area contributed by atoms with Crippen LogP contribution in [0.4, 0.5) is 9.59 Å². The fourth-order valence-corrected chi connectivity index (χ4v) is 2.57. The third-order valence-corrected chi connectivity index (χ3v) is 2.93. The fourth-order valence-electron chi connectivity index (χ4n) is 2.57. The van der Waals surface area contributed by atoms with Crippen molar-refractivity contribution in [1.29, 1.82) is 0 Å². The highest BCUT2D eigenvalue weighted by Crippen LogP contribution is 2.41. The van der Waals surface area contributed by atoms with E-state index >= 15 is 0 Å². The van der Waals surface area contributed by atoms with Gasteiger partial charge >= 0.3 is 12.2 Å². The molecule has 1 aromatic carbocycles. The van der Waals surface area contributed by atoms with Crippen molar-refractivity contribution >= 4 is 12.2 Å². The van der Waals surface area contributed by atoms with E-state index in [1.807, 2.05) is 0 Å². The Morgan fingerprint density at radius 3 is 1.71 bits per heavy atom. The molecule has 116 valence electrons. The molecule has 0 atom stereocenters. The number of rotatable bonds is 5. The fraction of sp³-hybridized carbons (Fsp3) is 0.467. The van der Waals surface area contributed by atoms with Gasteiger partial charge in [0.15, 0.2) is 0 Å². The van der Waals surface area contributed by atoms with Crippen molar-refractivity contribution in [2.24, 2.45) is 11.5 Å². The van der Waals surface area contributed by atoms with Gasteiger partial charge in [-0.15, -0.1) is 0 Å². The zero-order valence-electron chi connectivity index (χ0n) is 17.4. The molecular weight excluding hydrogens is 272 g/mol. The third kappa shape index (κ3) is 4.37. The summed E-state index contributed by atoms with van der Waals surface area (Å²) >= 11 is 0. The first kappa shape index (κ1) is 10.5. The second kappa shape index (κ2) is 6.03. The monoisotopic (exact) mass is 299 g/mol. The maximum absolute atomic E-state index is 11.3. The van der Waals surface area contributed by atoms with Crippen LogP contribution in [0.15, 0.2) is 30.2 Å². The molecule has 0 aliphatic carbocycles. The van der Waals surface area contributed by atoms with Crippen LogP contribution in [-0.2, 0) is 9.47 Å². The summed E-state index contributed by atoms with van der Waals surface area (Å²) in [7, 11) is 0. The molecule has 1 aromatic rings. The van der Waals surface area contributed by atoms with Crippen molar-refractivity contribution in [2.75, 3.05) is 0 Å². The number of hydrogen-bond donors (Lipinski definition) is 2. The Kier molecular flexibility index (Phi) is 3.01. The third-order valence-electron chi connectivity index (χ3n) is 2.93. The van der Waals surface area contributed by atoms with Crippen LogP contribution in [0.25, 0.3) is 0 Å². The Balaban J connectivity index is 3.84. The molecule has 0 saturated carbocycles. The molecule has 0 aliphatic rings. The highest BCUT2D eigenvalue weighted by molar-refractivity contribution is 5.66. The Hall–Kier alpha value is -2.24. The lowest BCUT2D eigenvalue weighted by Gasteiger charge is -2.42. The minimum absolute atomic E-state index is 0.187. The Labute approximate surface area is 131 Å². The molecule has 0 heterocycles. The van der Waals surface area contributed by atoms with E-state index in [-0.39, 0.29) is 5.56 Å². The molecule has 4 N–H and O–H groups in total. The highest BCUT2D eigenvalue weighted by Gasteiger charge is 2.46. The number of carbonyl (C=O) groups excluding carboxylic acids is 2. The summed E-state index contributed by atoms with van der Waals surface area (Å²) in [6, 6.07) is -2.75. The van der Waals surface area contributed by atoms with Gasteiger partial charge in [-0.2, -0.15) is 0 Å². The van der Waals surface area contributed by atoms with Crippen molar-refractivity contribution in [3.63, 3.8) is 0 Å². The SMILES string of the molecule is [2H]c1c([2H])c([2H])c(C(C(C)(C)OC(N)=O)C(C)(C)OC(N)=O)c([2H])c1[2H]. The van der Waals surface area contributed by atoms with E-state index in [4.69, 9.17) is 27.8 Å². The standard InChI is InChI=1S/C15H22N2O4/c1-14(2,20-12(16)18)11(10-8-6-5-7-9-10)15(3,4)21-13(17)19/h5-9,11H,1-4H3,(H2,16,18)(H2,17,19)/i5D,6D,7D,8D,9D. The quantitative estimate of drug-likeness (QED) is 0.871. The number of carbonyl (C=O) groups is 2. The van der Waals surface area contributed by atoms with E-state index < -0.39 is 59.5 Å². The Morgan fingerprint density at radius 2 is 1.38 bits per heavy atom. The van der Waals surface area contributed by atoms with Crippen LogP contribution < -0.4 is 11.5 Å². The molecule has 0 saturated heterocycles. The van der Waals surface area contributed by atoms with Gasteiger partial charge in [-0.25, -0.2) is 9.59 Å². The zero-order valence-corrected chi connectivity index (χ0v) is 12.4. The molecule has 2 amide bonds. The second-order valence-electron chi connectivity index (χ2n) is 5.52. The Morgan fingerprint density at radius 1 is 1.00 bits per heavy atom. The summed E-state index contributed by atoms with van der Waals surface area (Å²) in [6.45, 7) is 5.70.